The van der Waals surface area contributed by atoms with Crippen LogP contribution in [0.3, 0.4) is 0 Å². The zero-order valence-corrected chi connectivity index (χ0v) is 11.6. The van der Waals surface area contributed by atoms with E-state index in [0.717, 1.165) is 29.8 Å². The summed E-state index contributed by atoms with van der Waals surface area (Å²) < 4.78 is 0. The van der Waals surface area contributed by atoms with Crippen LogP contribution < -0.4 is 10.6 Å². The normalized spacial score (nSPS) is 26.6. The molecule has 3 nitrogen and oxygen atoms in total. The highest BCUT2D eigenvalue weighted by atomic mass is 32.1. The lowest BCUT2D eigenvalue weighted by atomic mass is 10.0. The molecule has 1 aromatic rings. The number of carbonyl (C=O) groups excluding carboxylic acids is 1. The average Bonchev–Trinajstić information content (AvgIpc) is 3.00. The Kier molecular flexibility index (Phi) is 3.06. The van der Waals surface area contributed by atoms with Gasteiger partial charge in [-0.3, -0.25) is 4.79 Å². The second-order valence-electron chi connectivity index (χ2n) is 5.50. The fourth-order valence-electron chi connectivity index (χ4n) is 3.34. The van der Waals surface area contributed by atoms with Crippen LogP contribution in [0.15, 0.2) is 6.07 Å². The van der Waals surface area contributed by atoms with Gasteiger partial charge in [-0.2, -0.15) is 0 Å². The smallest absolute Gasteiger partial charge is 0.174 e. The molecular formula is C14H20N2OS. The van der Waals surface area contributed by atoms with Crippen LogP contribution in [0, 0.1) is 11.8 Å². The lowest BCUT2D eigenvalue weighted by Crippen LogP contribution is -2.19. The van der Waals surface area contributed by atoms with E-state index in [0.29, 0.717) is 12.1 Å². The van der Waals surface area contributed by atoms with E-state index in [2.05, 4.69) is 4.90 Å². The van der Waals surface area contributed by atoms with Crippen LogP contribution in [-0.2, 0) is 0 Å². The van der Waals surface area contributed by atoms with Crippen molar-refractivity contribution in [3.8, 4) is 0 Å². The van der Waals surface area contributed by atoms with Crippen LogP contribution in [0.2, 0.25) is 0 Å². The minimum absolute atomic E-state index is 0.170. The Morgan fingerprint density at radius 3 is 2.72 bits per heavy atom. The Bertz CT molecular complexity index is 456. The molecule has 4 heteroatoms. The zero-order chi connectivity index (χ0) is 12.7. The fraction of sp³-hybridized carbons (Fsp3) is 0.643. The van der Waals surface area contributed by atoms with Gasteiger partial charge in [0.05, 0.1) is 15.6 Å². The first-order valence-corrected chi connectivity index (χ1v) is 7.68. The number of rotatable bonds is 3. The molecule has 18 heavy (non-hydrogen) atoms. The second kappa shape index (κ2) is 4.57. The third-order valence-corrected chi connectivity index (χ3v) is 5.61. The van der Waals surface area contributed by atoms with Gasteiger partial charge in [-0.15, -0.1) is 11.3 Å². The number of hydrogen-bond acceptors (Lipinski definition) is 4. The fourth-order valence-corrected chi connectivity index (χ4v) is 4.45. The number of Topliss-reactive ketones (excluding diaryl/α,β-unsaturated/α-hetero) is 1. The van der Waals surface area contributed by atoms with Crippen molar-refractivity contribution in [2.45, 2.75) is 32.6 Å². The summed E-state index contributed by atoms with van der Waals surface area (Å²) >= 11 is 1.58. The molecule has 1 saturated carbocycles. The van der Waals surface area contributed by atoms with Gasteiger partial charge in [-0.25, -0.2) is 0 Å². The molecule has 0 bridgehead atoms. The number of fused-ring (bicyclic) bond motifs is 1. The number of thiophene rings is 1. The highest BCUT2D eigenvalue weighted by Gasteiger charge is 2.36. The summed E-state index contributed by atoms with van der Waals surface area (Å²) in [5.74, 6) is 1.92. The first-order valence-electron chi connectivity index (χ1n) is 6.86. The number of anilines is 2. The molecule has 2 heterocycles. The highest BCUT2D eigenvalue weighted by Crippen LogP contribution is 2.42. The van der Waals surface area contributed by atoms with Crippen molar-refractivity contribution < 1.29 is 4.79 Å². The van der Waals surface area contributed by atoms with E-state index in [1.165, 1.54) is 24.3 Å². The van der Waals surface area contributed by atoms with Crippen LogP contribution in [-0.4, -0.2) is 18.9 Å². The number of ketones is 1. The van der Waals surface area contributed by atoms with Crippen LogP contribution in [0.25, 0.3) is 0 Å². The number of nitrogens with two attached hydrogens (primary N) is 1. The molecule has 0 radical (unpaired) electrons. The van der Waals surface area contributed by atoms with Gasteiger partial charge in [-0.1, -0.05) is 13.3 Å². The molecule has 1 aliphatic heterocycles. The van der Waals surface area contributed by atoms with Crippen molar-refractivity contribution in [3.63, 3.8) is 0 Å². The molecule has 2 atom stereocenters. The molecule has 0 aromatic carbocycles. The molecular weight excluding hydrogens is 244 g/mol. The van der Waals surface area contributed by atoms with Crippen molar-refractivity contribution in [1.82, 2.24) is 0 Å². The lowest BCUT2D eigenvalue weighted by molar-refractivity contribution is 0.0993. The van der Waals surface area contributed by atoms with E-state index in [1.807, 2.05) is 13.0 Å². The topological polar surface area (TPSA) is 46.3 Å². The maximum absolute atomic E-state index is 11.8. The molecule has 0 spiro atoms. The highest BCUT2D eigenvalue weighted by molar-refractivity contribution is 7.18. The molecule has 0 amide bonds. The Morgan fingerprint density at radius 1 is 1.44 bits per heavy atom. The van der Waals surface area contributed by atoms with Gasteiger partial charge in [0, 0.05) is 19.5 Å². The van der Waals surface area contributed by atoms with Gasteiger partial charge in [0.25, 0.3) is 0 Å². The number of nitrogen functional groups attached to an aromatic ring is 1. The summed E-state index contributed by atoms with van der Waals surface area (Å²) in [4.78, 5) is 15.0. The van der Waals surface area contributed by atoms with Crippen molar-refractivity contribution in [3.05, 3.63) is 10.9 Å². The largest absolute Gasteiger partial charge is 0.397 e. The van der Waals surface area contributed by atoms with Gasteiger partial charge in [-0.05, 0) is 30.7 Å². The minimum atomic E-state index is 0.170. The zero-order valence-electron chi connectivity index (χ0n) is 10.8. The first-order chi connectivity index (χ1) is 8.69. The second-order valence-corrected chi connectivity index (χ2v) is 6.53. The summed E-state index contributed by atoms with van der Waals surface area (Å²) in [7, 11) is 0. The molecule has 2 unspecified atom stereocenters. The molecule has 2 aliphatic rings. The predicted octanol–water partition coefficient (Wildman–Crippen LogP) is 3.16. The summed E-state index contributed by atoms with van der Waals surface area (Å²) in [6.45, 7) is 4.20. The van der Waals surface area contributed by atoms with Crippen molar-refractivity contribution in [1.29, 1.82) is 0 Å². The minimum Gasteiger partial charge on any atom is -0.397 e. The number of hydrogen-bond donors (Lipinski definition) is 1. The standard InChI is InChI=1S/C14H20N2OS/c1-2-12(17)14-11(15)6-13(18-14)16-7-9-4-3-5-10(9)8-16/h6,9-10H,2-5,7-8,15H2,1H3. The predicted molar refractivity (Wildman–Crippen MR) is 76.4 cm³/mol. The Morgan fingerprint density at radius 2 is 2.11 bits per heavy atom. The summed E-state index contributed by atoms with van der Waals surface area (Å²) in [6.07, 6.45) is 4.69. The Balaban J connectivity index is 1.79. The maximum Gasteiger partial charge on any atom is 0.174 e. The van der Waals surface area contributed by atoms with E-state index in [9.17, 15) is 4.79 Å². The molecule has 2 N–H and O–H groups in total. The van der Waals surface area contributed by atoms with Gasteiger partial charge in [0.1, 0.15) is 0 Å². The van der Waals surface area contributed by atoms with Crippen molar-refractivity contribution in [2.75, 3.05) is 23.7 Å². The Labute approximate surface area is 112 Å². The van der Waals surface area contributed by atoms with Crippen LogP contribution >= 0.6 is 11.3 Å². The maximum atomic E-state index is 11.8. The van der Waals surface area contributed by atoms with Gasteiger partial charge >= 0.3 is 0 Å². The van der Waals surface area contributed by atoms with Gasteiger partial charge in [0.2, 0.25) is 0 Å². The van der Waals surface area contributed by atoms with Gasteiger partial charge in [0.15, 0.2) is 5.78 Å². The van der Waals surface area contributed by atoms with Crippen LogP contribution in [0.4, 0.5) is 10.7 Å². The van der Waals surface area contributed by atoms with Gasteiger partial charge < -0.3 is 10.6 Å². The third-order valence-electron chi connectivity index (χ3n) is 4.36. The van der Waals surface area contributed by atoms with Crippen LogP contribution in [0.5, 0.6) is 0 Å². The number of nitrogens with zero attached hydrogens (tertiary/aromatic N) is 1. The quantitative estimate of drug-likeness (QED) is 0.853. The van der Waals surface area contributed by atoms with E-state index >= 15 is 0 Å². The summed E-state index contributed by atoms with van der Waals surface area (Å²) in [5.41, 5.74) is 6.63. The molecule has 1 aliphatic carbocycles. The van der Waals surface area contributed by atoms with E-state index < -0.39 is 0 Å². The average molecular weight is 264 g/mol. The van der Waals surface area contributed by atoms with E-state index in [1.54, 1.807) is 11.3 Å². The lowest BCUT2D eigenvalue weighted by Gasteiger charge is -2.16. The summed E-state index contributed by atoms with van der Waals surface area (Å²) in [6, 6.07) is 1.99. The number of carbonyl (C=O) groups is 1. The molecule has 2 fully saturated rings. The molecule has 98 valence electrons. The summed E-state index contributed by atoms with van der Waals surface area (Å²) in [5, 5.41) is 1.19. The SMILES string of the molecule is CCC(=O)c1sc(N2CC3CCCC3C2)cc1N. The van der Waals surface area contributed by atoms with E-state index in [4.69, 9.17) is 5.73 Å². The van der Waals surface area contributed by atoms with E-state index in [-0.39, 0.29) is 5.78 Å². The molecule has 1 saturated heterocycles. The van der Waals surface area contributed by atoms with Crippen LogP contribution in [0.1, 0.15) is 42.3 Å². The molecule has 1 aromatic heterocycles. The molecule has 3 rings (SSSR count). The first kappa shape index (κ1) is 12.0. The third kappa shape index (κ3) is 1.92. The Hall–Kier alpha value is -1.03. The van der Waals surface area contributed by atoms with Crippen molar-refractivity contribution >= 4 is 27.8 Å². The monoisotopic (exact) mass is 264 g/mol. The van der Waals surface area contributed by atoms with Crippen molar-refractivity contribution in [2.24, 2.45) is 11.8 Å².